The Morgan fingerprint density at radius 3 is 2.65 bits per heavy atom. The molecule has 2 rings (SSSR count). The third-order valence-corrected chi connectivity index (χ3v) is 3.04. The summed E-state index contributed by atoms with van der Waals surface area (Å²) in [4.78, 5) is 26.1. The van der Waals surface area contributed by atoms with Gasteiger partial charge in [-0.25, -0.2) is 4.79 Å². The molecule has 0 aliphatic heterocycles. The number of hydrogen-bond acceptors (Lipinski definition) is 4. The van der Waals surface area contributed by atoms with Crippen LogP contribution in [0, 0.1) is 0 Å². The molecule has 0 radical (unpaired) electrons. The summed E-state index contributed by atoms with van der Waals surface area (Å²) in [5.74, 6) is -0.325. The Bertz CT molecular complexity index is 505. The number of fused-ring (bicyclic) bond motifs is 1. The number of aromatic nitrogens is 1. The van der Waals surface area contributed by atoms with E-state index in [9.17, 15) is 9.59 Å². The zero-order valence-electron chi connectivity index (χ0n) is 9.84. The molecule has 0 bridgehead atoms. The summed E-state index contributed by atoms with van der Waals surface area (Å²) in [6.07, 6.45) is 3.37. The van der Waals surface area contributed by atoms with Crippen molar-refractivity contribution in [2.45, 2.75) is 32.6 Å². The minimum absolute atomic E-state index is 0.120. The van der Waals surface area contributed by atoms with Crippen molar-refractivity contribution in [3.8, 4) is 0 Å². The number of H-pyrrole nitrogens is 1. The zero-order valence-corrected chi connectivity index (χ0v) is 9.84. The van der Waals surface area contributed by atoms with Crippen LogP contribution in [0.2, 0.25) is 0 Å². The molecule has 1 aromatic heterocycles. The number of hydrogen-bond donors (Lipinski definition) is 2. The smallest absolute Gasteiger partial charge is 0.342 e. The van der Waals surface area contributed by atoms with Crippen LogP contribution in [-0.2, 0) is 17.6 Å². The second kappa shape index (κ2) is 4.61. The number of esters is 1. The topological polar surface area (TPSA) is 85.2 Å². The molecule has 0 saturated carbocycles. The highest BCUT2D eigenvalue weighted by molar-refractivity contribution is 5.96. The van der Waals surface area contributed by atoms with Crippen LogP contribution < -0.4 is 11.3 Å². The van der Waals surface area contributed by atoms with E-state index in [0.717, 1.165) is 24.8 Å². The normalized spacial score (nSPS) is 14.2. The largest absolute Gasteiger partial charge is 0.462 e. The van der Waals surface area contributed by atoms with Gasteiger partial charge in [0.2, 0.25) is 0 Å². The number of carbonyl (C=O) groups is 1. The number of nitrogens with two attached hydrogens (primary N) is 1. The zero-order chi connectivity index (χ0) is 12.4. The lowest BCUT2D eigenvalue weighted by atomic mass is 9.89. The highest BCUT2D eigenvalue weighted by Crippen LogP contribution is 2.25. The SMILES string of the molecule is CCOC(=O)c1c(N)[nH]c(=O)c2c1CCCC2. The van der Waals surface area contributed by atoms with Gasteiger partial charge in [-0.15, -0.1) is 0 Å². The summed E-state index contributed by atoms with van der Waals surface area (Å²) in [7, 11) is 0. The van der Waals surface area contributed by atoms with E-state index in [4.69, 9.17) is 10.5 Å². The maximum atomic E-state index is 11.8. The predicted molar refractivity (Wildman–Crippen MR) is 64.1 cm³/mol. The maximum Gasteiger partial charge on any atom is 0.342 e. The van der Waals surface area contributed by atoms with E-state index >= 15 is 0 Å². The molecule has 92 valence electrons. The number of nitrogen functional groups attached to an aromatic ring is 1. The Balaban J connectivity index is 2.58. The van der Waals surface area contributed by atoms with Gasteiger partial charge in [0.05, 0.1) is 6.61 Å². The summed E-state index contributed by atoms with van der Waals surface area (Å²) in [6, 6.07) is 0. The van der Waals surface area contributed by atoms with Crippen molar-refractivity contribution in [1.82, 2.24) is 4.98 Å². The van der Waals surface area contributed by atoms with E-state index < -0.39 is 5.97 Å². The van der Waals surface area contributed by atoms with Crippen LogP contribution in [0.25, 0.3) is 0 Å². The molecule has 1 aliphatic rings. The van der Waals surface area contributed by atoms with Gasteiger partial charge in [0, 0.05) is 5.56 Å². The Morgan fingerprint density at radius 2 is 2.00 bits per heavy atom. The monoisotopic (exact) mass is 236 g/mol. The molecule has 5 heteroatoms. The number of nitrogens with one attached hydrogen (secondary N) is 1. The molecule has 0 spiro atoms. The molecule has 17 heavy (non-hydrogen) atoms. The van der Waals surface area contributed by atoms with Gasteiger partial charge < -0.3 is 15.5 Å². The van der Waals surface area contributed by atoms with Crippen LogP contribution in [0.15, 0.2) is 4.79 Å². The minimum atomic E-state index is -0.445. The molecule has 0 aromatic carbocycles. The first-order valence-corrected chi connectivity index (χ1v) is 5.85. The van der Waals surface area contributed by atoms with Crippen LogP contribution in [0.1, 0.15) is 41.3 Å². The fourth-order valence-corrected chi connectivity index (χ4v) is 2.29. The third-order valence-electron chi connectivity index (χ3n) is 3.04. The lowest BCUT2D eigenvalue weighted by Crippen LogP contribution is -2.25. The first-order valence-electron chi connectivity index (χ1n) is 5.85. The second-order valence-electron chi connectivity index (χ2n) is 4.13. The Labute approximate surface area is 99.0 Å². The summed E-state index contributed by atoms with van der Waals surface area (Å²) >= 11 is 0. The predicted octanol–water partition coefficient (Wildman–Crippen LogP) is 1.01. The van der Waals surface area contributed by atoms with E-state index in [0.29, 0.717) is 24.2 Å². The van der Waals surface area contributed by atoms with Crippen LogP contribution >= 0.6 is 0 Å². The summed E-state index contributed by atoms with van der Waals surface area (Å²) in [6.45, 7) is 2.04. The lowest BCUT2D eigenvalue weighted by molar-refractivity contribution is 0.0525. The van der Waals surface area contributed by atoms with E-state index in [1.54, 1.807) is 6.92 Å². The Hall–Kier alpha value is -1.78. The second-order valence-corrected chi connectivity index (χ2v) is 4.13. The van der Waals surface area contributed by atoms with Gasteiger partial charge in [-0.05, 0) is 38.2 Å². The molecule has 0 fully saturated rings. The molecule has 0 unspecified atom stereocenters. The first kappa shape index (κ1) is 11.7. The van der Waals surface area contributed by atoms with Gasteiger partial charge in [0.15, 0.2) is 0 Å². The van der Waals surface area contributed by atoms with Crippen molar-refractivity contribution >= 4 is 11.8 Å². The molecule has 1 heterocycles. The Morgan fingerprint density at radius 1 is 1.35 bits per heavy atom. The molecule has 0 atom stereocenters. The van der Waals surface area contributed by atoms with Crippen molar-refractivity contribution in [3.05, 3.63) is 27.0 Å². The minimum Gasteiger partial charge on any atom is -0.462 e. The molecule has 3 N–H and O–H groups in total. The maximum absolute atomic E-state index is 11.8. The van der Waals surface area contributed by atoms with Crippen LogP contribution in [0.3, 0.4) is 0 Å². The fourth-order valence-electron chi connectivity index (χ4n) is 2.29. The average molecular weight is 236 g/mol. The lowest BCUT2D eigenvalue weighted by Gasteiger charge is -2.18. The fraction of sp³-hybridized carbons (Fsp3) is 0.500. The first-order chi connectivity index (χ1) is 8.15. The van der Waals surface area contributed by atoms with Gasteiger partial charge in [-0.3, -0.25) is 4.79 Å². The third kappa shape index (κ3) is 2.05. The van der Waals surface area contributed by atoms with E-state index in [2.05, 4.69) is 4.98 Å². The van der Waals surface area contributed by atoms with Crippen LogP contribution in [0.4, 0.5) is 5.82 Å². The molecule has 5 nitrogen and oxygen atoms in total. The number of anilines is 1. The molecule has 0 saturated heterocycles. The van der Waals surface area contributed by atoms with Gasteiger partial charge in [0.1, 0.15) is 11.4 Å². The van der Waals surface area contributed by atoms with E-state index in [1.807, 2.05) is 0 Å². The van der Waals surface area contributed by atoms with Crippen molar-refractivity contribution in [2.75, 3.05) is 12.3 Å². The summed E-state index contributed by atoms with van der Waals surface area (Å²) in [5, 5.41) is 0. The van der Waals surface area contributed by atoms with Crippen molar-refractivity contribution in [1.29, 1.82) is 0 Å². The summed E-state index contributed by atoms with van der Waals surface area (Å²) in [5.41, 5.74) is 7.36. The van der Waals surface area contributed by atoms with E-state index in [1.165, 1.54) is 0 Å². The van der Waals surface area contributed by atoms with E-state index in [-0.39, 0.29) is 11.4 Å². The number of pyridine rings is 1. The summed E-state index contributed by atoms with van der Waals surface area (Å²) < 4.78 is 4.97. The number of rotatable bonds is 2. The standard InChI is InChI=1S/C12H16N2O3/c1-2-17-12(16)9-7-5-3-4-6-8(7)11(15)14-10(9)13/h2-6H2,1H3,(H3,13,14,15). The quantitative estimate of drug-likeness (QED) is 0.750. The van der Waals surface area contributed by atoms with Gasteiger partial charge >= 0.3 is 5.97 Å². The van der Waals surface area contributed by atoms with Crippen LogP contribution in [-0.4, -0.2) is 17.6 Å². The number of ether oxygens (including phenoxy) is 1. The highest BCUT2D eigenvalue weighted by Gasteiger charge is 2.24. The van der Waals surface area contributed by atoms with Crippen molar-refractivity contribution in [2.24, 2.45) is 0 Å². The van der Waals surface area contributed by atoms with Crippen molar-refractivity contribution in [3.63, 3.8) is 0 Å². The Kier molecular flexibility index (Phi) is 3.17. The average Bonchev–Trinajstić information content (AvgIpc) is 2.29. The molecule has 1 aromatic rings. The molecule has 0 amide bonds. The van der Waals surface area contributed by atoms with Crippen LogP contribution in [0.5, 0.6) is 0 Å². The van der Waals surface area contributed by atoms with Crippen molar-refractivity contribution < 1.29 is 9.53 Å². The molecule has 1 aliphatic carbocycles. The number of aromatic amines is 1. The van der Waals surface area contributed by atoms with Gasteiger partial charge in [0.25, 0.3) is 5.56 Å². The molecular formula is C12H16N2O3. The molecular weight excluding hydrogens is 220 g/mol. The number of carbonyl (C=O) groups excluding carboxylic acids is 1. The van der Waals surface area contributed by atoms with Gasteiger partial charge in [-0.1, -0.05) is 0 Å². The van der Waals surface area contributed by atoms with Gasteiger partial charge in [-0.2, -0.15) is 0 Å². The highest BCUT2D eigenvalue weighted by atomic mass is 16.5.